The molecule has 3 rings (SSSR count). The van der Waals surface area contributed by atoms with Gasteiger partial charge in [-0.3, -0.25) is 5.43 Å². The maximum absolute atomic E-state index is 10.8. The molecule has 0 aliphatic rings. The first-order valence-corrected chi connectivity index (χ1v) is 7.58. The van der Waals surface area contributed by atoms with E-state index in [-0.39, 0.29) is 17.3 Å². The number of phenolic OH excluding ortho intramolecular Hbond substituents is 2. The molecule has 0 amide bonds. The number of rotatable bonds is 5. The van der Waals surface area contributed by atoms with E-state index in [1.54, 1.807) is 6.07 Å². The number of anilines is 1. The molecule has 0 spiro atoms. The van der Waals surface area contributed by atoms with Crippen LogP contribution in [-0.2, 0) is 7.05 Å². The number of hydrogen-bond donors (Lipinski definition) is 3. The molecule has 0 aliphatic carbocycles. The third kappa shape index (κ3) is 3.37. The largest absolute Gasteiger partial charge is 0.504 e. The fraction of sp³-hybridized carbons (Fsp3) is 0.0769. The van der Waals surface area contributed by atoms with Crippen molar-refractivity contribution in [2.24, 2.45) is 12.1 Å². The van der Waals surface area contributed by atoms with Gasteiger partial charge in [0.05, 0.1) is 13.3 Å². The van der Waals surface area contributed by atoms with Crippen LogP contribution in [0.1, 0.15) is 5.56 Å². The van der Waals surface area contributed by atoms with E-state index >= 15 is 0 Å². The highest BCUT2D eigenvalue weighted by Gasteiger charge is 2.21. The van der Waals surface area contributed by atoms with Crippen molar-refractivity contribution < 1.29 is 15.1 Å². The van der Waals surface area contributed by atoms with E-state index in [2.05, 4.69) is 25.7 Å². The predicted molar refractivity (Wildman–Crippen MR) is 89.8 cm³/mol. The zero-order valence-electron chi connectivity index (χ0n) is 12.7. The molecule has 0 atom stereocenters. The third-order valence-corrected chi connectivity index (χ3v) is 3.96. The molecular weight excluding hydrogens is 350 g/mol. The molecule has 3 N–H and O–H groups in total. The van der Waals surface area contributed by atoms with Gasteiger partial charge in [0.15, 0.2) is 11.5 Å². The highest BCUT2D eigenvalue weighted by Crippen LogP contribution is 2.27. The zero-order chi connectivity index (χ0) is 18.0. The Kier molecular flexibility index (Phi) is 4.26. The summed E-state index contributed by atoms with van der Waals surface area (Å²) in [5.74, 6) is -0.295. The number of aromatic nitrogens is 4. The topological polar surface area (TPSA) is 152 Å². The number of nitro groups is 1. The van der Waals surface area contributed by atoms with Crippen LogP contribution in [0.3, 0.4) is 0 Å². The Morgan fingerprint density at radius 2 is 2.16 bits per heavy atom. The van der Waals surface area contributed by atoms with Crippen molar-refractivity contribution in [2.45, 2.75) is 0 Å². The summed E-state index contributed by atoms with van der Waals surface area (Å²) >= 11 is 1.12. The maximum atomic E-state index is 10.8. The maximum Gasteiger partial charge on any atom is 0.342 e. The minimum Gasteiger partial charge on any atom is -0.504 e. The molecule has 12 heteroatoms. The molecule has 0 radical (unpaired) electrons. The van der Waals surface area contributed by atoms with Gasteiger partial charge >= 0.3 is 5.82 Å². The van der Waals surface area contributed by atoms with E-state index < -0.39 is 4.92 Å². The molecule has 0 fully saturated rings. The molecule has 0 unspecified atom stereocenters. The summed E-state index contributed by atoms with van der Waals surface area (Å²) < 4.78 is 1.31. The number of aromatic hydroxyl groups is 2. The van der Waals surface area contributed by atoms with Crippen LogP contribution in [0, 0.1) is 10.1 Å². The Bertz CT molecular complexity index is 965. The Labute approximate surface area is 144 Å². The van der Waals surface area contributed by atoms with Gasteiger partial charge < -0.3 is 20.3 Å². The summed E-state index contributed by atoms with van der Waals surface area (Å²) in [5, 5.41) is 42.0. The Balaban J connectivity index is 1.72. The number of imidazole rings is 1. The fourth-order valence-corrected chi connectivity index (χ4v) is 2.64. The fourth-order valence-electron chi connectivity index (χ4n) is 1.91. The molecule has 25 heavy (non-hydrogen) atoms. The van der Waals surface area contributed by atoms with Crippen LogP contribution >= 0.6 is 11.3 Å². The first-order chi connectivity index (χ1) is 12.0. The normalized spacial score (nSPS) is 11.1. The number of benzene rings is 1. The number of hydrogen-bond acceptors (Lipinski definition) is 10. The van der Waals surface area contributed by atoms with Crippen molar-refractivity contribution in [3.05, 3.63) is 40.1 Å². The highest BCUT2D eigenvalue weighted by atomic mass is 32.1. The highest BCUT2D eigenvalue weighted by molar-refractivity contribution is 7.18. The molecule has 0 aliphatic heterocycles. The molecule has 2 aromatic heterocycles. The summed E-state index contributed by atoms with van der Waals surface area (Å²) in [5.41, 5.74) is 3.23. The minimum atomic E-state index is -0.534. The second kappa shape index (κ2) is 6.52. The average Bonchev–Trinajstić information content (AvgIpc) is 3.17. The third-order valence-electron chi connectivity index (χ3n) is 3.14. The Morgan fingerprint density at radius 1 is 1.36 bits per heavy atom. The number of nitrogens with zero attached hydrogens (tertiary/aromatic N) is 6. The van der Waals surface area contributed by atoms with E-state index in [4.69, 9.17) is 0 Å². The minimum absolute atomic E-state index is 0.148. The smallest absolute Gasteiger partial charge is 0.342 e. The Morgan fingerprint density at radius 3 is 2.84 bits per heavy atom. The molecule has 0 saturated heterocycles. The van der Waals surface area contributed by atoms with Crippen molar-refractivity contribution in [2.75, 3.05) is 5.43 Å². The van der Waals surface area contributed by atoms with Gasteiger partial charge in [-0.15, -0.1) is 10.2 Å². The van der Waals surface area contributed by atoms with Crippen LogP contribution in [0.15, 0.2) is 29.5 Å². The van der Waals surface area contributed by atoms with Crippen molar-refractivity contribution in [3.8, 4) is 22.3 Å². The predicted octanol–water partition coefficient (Wildman–Crippen LogP) is 1.70. The molecule has 128 valence electrons. The van der Waals surface area contributed by atoms with Crippen molar-refractivity contribution in [1.29, 1.82) is 0 Å². The average molecular weight is 361 g/mol. The lowest BCUT2D eigenvalue weighted by Gasteiger charge is -1.98. The van der Waals surface area contributed by atoms with Crippen LogP contribution in [0.2, 0.25) is 0 Å². The summed E-state index contributed by atoms with van der Waals surface area (Å²) in [6, 6.07) is 4.26. The standard InChI is InChI=1S/C13H11N7O4S/c1-19-10(20(23)24)6-14-11(19)12-16-18-13(25-12)17-15-5-7-2-3-8(21)9(22)4-7/h2-6,21-22H,1H3,(H,17,18)/b15-5-. The van der Waals surface area contributed by atoms with Gasteiger partial charge in [0.1, 0.15) is 6.20 Å². The van der Waals surface area contributed by atoms with E-state index in [0.29, 0.717) is 21.5 Å². The molecule has 1 aromatic carbocycles. The monoisotopic (exact) mass is 361 g/mol. The van der Waals surface area contributed by atoms with Gasteiger partial charge in [-0.25, -0.2) is 9.55 Å². The molecule has 0 bridgehead atoms. The summed E-state index contributed by atoms with van der Waals surface area (Å²) in [4.78, 5) is 14.3. The first-order valence-electron chi connectivity index (χ1n) is 6.76. The summed E-state index contributed by atoms with van der Waals surface area (Å²) in [7, 11) is 1.52. The second-order valence-corrected chi connectivity index (χ2v) is 5.76. The lowest BCUT2D eigenvalue weighted by Crippen LogP contribution is -1.98. The van der Waals surface area contributed by atoms with Crippen LogP contribution in [0.5, 0.6) is 11.5 Å². The van der Waals surface area contributed by atoms with Crippen molar-refractivity contribution in [3.63, 3.8) is 0 Å². The van der Waals surface area contributed by atoms with Gasteiger partial charge in [-0.1, -0.05) is 11.3 Å². The summed E-state index contributed by atoms with van der Waals surface area (Å²) in [6.45, 7) is 0. The molecule has 2 heterocycles. The van der Waals surface area contributed by atoms with E-state index in [0.717, 1.165) is 17.5 Å². The van der Waals surface area contributed by atoms with E-state index in [1.165, 1.54) is 30.0 Å². The van der Waals surface area contributed by atoms with Crippen LogP contribution in [0.4, 0.5) is 10.9 Å². The summed E-state index contributed by atoms with van der Waals surface area (Å²) in [6.07, 6.45) is 2.57. The quantitative estimate of drug-likeness (QED) is 0.269. The number of nitrogens with one attached hydrogen (secondary N) is 1. The van der Waals surface area contributed by atoms with Crippen LogP contribution < -0.4 is 5.43 Å². The van der Waals surface area contributed by atoms with Gasteiger partial charge in [0, 0.05) is 0 Å². The van der Waals surface area contributed by atoms with Crippen LogP contribution in [-0.4, -0.2) is 41.1 Å². The molecule has 3 aromatic rings. The van der Waals surface area contributed by atoms with Crippen molar-refractivity contribution >= 4 is 28.5 Å². The number of phenols is 2. The molecule has 0 saturated carbocycles. The van der Waals surface area contributed by atoms with Gasteiger partial charge in [-0.2, -0.15) is 5.10 Å². The number of hydrazone groups is 1. The van der Waals surface area contributed by atoms with E-state index in [1.807, 2.05) is 0 Å². The lowest BCUT2D eigenvalue weighted by atomic mass is 10.2. The van der Waals surface area contributed by atoms with Crippen LogP contribution in [0.25, 0.3) is 10.8 Å². The first kappa shape index (κ1) is 16.3. The van der Waals surface area contributed by atoms with E-state index in [9.17, 15) is 20.3 Å². The zero-order valence-corrected chi connectivity index (χ0v) is 13.5. The van der Waals surface area contributed by atoms with Gasteiger partial charge in [-0.05, 0) is 28.7 Å². The van der Waals surface area contributed by atoms with Crippen molar-refractivity contribution in [1.82, 2.24) is 19.7 Å². The second-order valence-electron chi connectivity index (χ2n) is 4.79. The van der Waals surface area contributed by atoms with Gasteiger partial charge in [0.2, 0.25) is 10.1 Å². The Hall–Kier alpha value is -3.54. The van der Waals surface area contributed by atoms with Gasteiger partial charge in [0.25, 0.3) is 5.82 Å². The molecular formula is C13H11N7O4S. The lowest BCUT2D eigenvalue weighted by molar-refractivity contribution is -0.391. The SMILES string of the molecule is Cn1c([N+](=O)[O-])cnc1-c1nnc(N/N=C\c2ccc(O)c(O)c2)s1. The molecule has 11 nitrogen and oxygen atoms in total.